The largest absolute Gasteiger partial charge is 0.489 e. The van der Waals surface area contributed by atoms with E-state index in [2.05, 4.69) is 49.0 Å². The van der Waals surface area contributed by atoms with Crippen molar-refractivity contribution in [3.05, 3.63) is 23.3 Å². The van der Waals surface area contributed by atoms with Gasteiger partial charge in [-0.15, -0.1) is 0 Å². The normalized spacial score (nSPS) is 21.4. The number of fused-ring (bicyclic) bond motifs is 1. The molecule has 0 bridgehead atoms. The third kappa shape index (κ3) is 5.80. The van der Waals surface area contributed by atoms with Crippen LogP contribution in [0.1, 0.15) is 56.6 Å². The van der Waals surface area contributed by atoms with Gasteiger partial charge in [-0.05, 0) is 70.0 Å². The number of hydrogen-bond donors (Lipinski definition) is 1. The van der Waals surface area contributed by atoms with Crippen LogP contribution < -0.4 is 15.0 Å². The van der Waals surface area contributed by atoms with Gasteiger partial charge in [0.1, 0.15) is 18.3 Å². The molecule has 1 heterocycles. The molecule has 0 spiro atoms. The Morgan fingerprint density at radius 1 is 1.18 bits per heavy atom. The van der Waals surface area contributed by atoms with Crippen LogP contribution in [-0.2, 0) is 16.0 Å². The van der Waals surface area contributed by atoms with E-state index in [0.717, 1.165) is 79.6 Å². The number of anilines is 1. The van der Waals surface area contributed by atoms with Gasteiger partial charge in [0.15, 0.2) is 0 Å². The van der Waals surface area contributed by atoms with Gasteiger partial charge in [-0.25, -0.2) is 0 Å². The zero-order valence-corrected chi connectivity index (χ0v) is 22.1. The van der Waals surface area contributed by atoms with Crippen molar-refractivity contribution in [1.29, 1.82) is 0 Å². The number of ether oxygens (including phenoxy) is 2. The summed E-state index contributed by atoms with van der Waals surface area (Å²) in [6, 6.07) is 5.55. The summed E-state index contributed by atoms with van der Waals surface area (Å²) in [7, 11) is 0.699. The van der Waals surface area contributed by atoms with Crippen molar-refractivity contribution < 1.29 is 14.3 Å². The maximum atomic E-state index is 13.1. The fourth-order valence-electron chi connectivity index (χ4n) is 4.51. The predicted molar refractivity (Wildman–Crippen MR) is 137 cm³/mol. The molecule has 1 atom stereocenters. The highest BCUT2D eigenvalue weighted by molar-refractivity contribution is 6.76. The van der Waals surface area contributed by atoms with Gasteiger partial charge in [0.2, 0.25) is 5.91 Å². The average molecular weight is 472 g/mol. The Balaban J connectivity index is 1.57. The van der Waals surface area contributed by atoms with Crippen LogP contribution >= 0.6 is 0 Å². The first-order valence-electron chi connectivity index (χ1n) is 12.7. The Hall–Kier alpha value is -1.86. The highest BCUT2D eigenvalue weighted by Gasteiger charge is 2.39. The second kappa shape index (κ2) is 10.2. The summed E-state index contributed by atoms with van der Waals surface area (Å²) in [5.41, 5.74) is 3.17. The van der Waals surface area contributed by atoms with E-state index in [4.69, 9.17) is 9.47 Å². The number of rotatable bonds is 9. The molecule has 2 saturated carbocycles. The van der Waals surface area contributed by atoms with Crippen LogP contribution in [0.4, 0.5) is 5.69 Å². The first-order chi connectivity index (χ1) is 15.8. The number of carbonyl (C=O) groups excluding carboxylic acids is 1. The van der Waals surface area contributed by atoms with E-state index in [1.165, 1.54) is 6.42 Å². The smallest absolute Gasteiger partial charge is 0.230 e. The molecule has 1 aliphatic heterocycles. The minimum Gasteiger partial charge on any atom is -0.489 e. The fraction of sp³-hybridized carbons (Fsp3) is 0.692. The number of nitrogens with zero attached hydrogens (tertiary/aromatic N) is 2. The quantitative estimate of drug-likeness (QED) is 0.181. The molecule has 0 radical (unpaired) electrons. The summed E-state index contributed by atoms with van der Waals surface area (Å²) in [6.07, 6.45) is 7.59. The molecule has 0 unspecified atom stereocenters. The lowest BCUT2D eigenvalue weighted by Gasteiger charge is -2.38. The van der Waals surface area contributed by atoms with Crippen molar-refractivity contribution in [2.24, 2.45) is 10.9 Å². The van der Waals surface area contributed by atoms with E-state index in [1.807, 2.05) is 11.9 Å². The summed E-state index contributed by atoms with van der Waals surface area (Å²) in [4.78, 5) is 19.7. The van der Waals surface area contributed by atoms with Crippen LogP contribution in [0.15, 0.2) is 17.1 Å². The molecule has 182 valence electrons. The molecule has 33 heavy (non-hydrogen) atoms. The summed E-state index contributed by atoms with van der Waals surface area (Å²) >= 11 is 0. The van der Waals surface area contributed by atoms with Gasteiger partial charge in [0.05, 0.1) is 17.4 Å². The second-order valence-corrected chi connectivity index (χ2v) is 16.7. The van der Waals surface area contributed by atoms with Crippen molar-refractivity contribution in [3.8, 4) is 5.75 Å². The van der Waals surface area contributed by atoms with E-state index in [9.17, 15) is 4.79 Å². The zero-order valence-electron chi connectivity index (χ0n) is 21.1. The Kier molecular flexibility index (Phi) is 7.48. The number of nitrogens with one attached hydrogen (secondary N) is 1. The molecule has 4 rings (SSSR count). The Labute approximate surface area is 200 Å². The monoisotopic (exact) mass is 471 g/mol. The average Bonchev–Trinajstić information content (AvgIpc) is 3.57. The second-order valence-electron chi connectivity index (χ2n) is 11.1. The molecule has 3 aliphatic rings. The van der Waals surface area contributed by atoms with Crippen LogP contribution in [-0.4, -0.2) is 52.3 Å². The SMILES string of the molecule is C/N=C(\NCOCC[Si](C)(C)C)c1ccc2c(c1OC1CCC1)CC[C@H](C)N2C(=O)C1CC1. The Morgan fingerprint density at radius 3 is 2.55 bits per heavy atom. The van der Waals surface area contributed by atoms with Crippen molar-refractivity contribution >= 4 is 25.5 Å². The van der Waals surface area contributed by atoms with Gasteiger partial charge in [-0.2, -0.15) is 0 Å². The Morgan fingerprint density at radius 2 is 1.94 bits per heavy atom. The number of amides is 1. The number of hydrogen-bond acceptors (Lipinski definition) is 4. The number of amidine groups is 1. The predicted octanol–water partition coefficient (Wildman–Crippen LogP) is 4.97. The molecule has 6 nitrogen and oxygen atoms in total. The molecule has 2 aliphatic carbocycles. The van der Waals surface area contributed by atoms with Gasteiger partial charge >= 0.3 is 0 Å². The lowest BCUT2D eigenvalue weighted by Crippen LogP contribution is -2.43. The number of benzene rings is 1. The van der Waals surface area contributed by atoms with Crippen molar-refractivity contribution in [2.75, 3.05) is 25.3 Å². The molecule has 1 aromatic carbocycles. The molecule has 1 N–H and O–H groups in total. The van der Waals surface area contributed by atoms with Crippen LogP contribution in [0.5, 0.6) is 5.75 Å². The third-order valence-electron chi connectivity index (χ3n) is 7.07. The number of aliphatic imine (C=N–C) groups is 1. The summed E-state index contributed by atoms with van der Waals surface area (Å²) in [5, 5.41) is 3.38. The zero-order chi connectivity index (χ0) is 23.6. The summed E-state index contributed by atoms with van der Waals surface area (Å²) < 4.78 is 12.5. The lowest BCUT2D eigenvalue weighted by molar-refractivity contribution is -0.120. The van der Waals surface area contributed by atoms with Crippen molar-refractivity contribution in [1.82, 2.24) is 5.32 Å². The van der Waals surface area contributed by atoms with E-state index in [1.54, 1.807) is 0 Å². The molecule has 7 heteroatoms. The summed E-state index contributed by atoms with van der Waals surface area (Å²) in [6.45, 7) is 10.4. The topological polar surface area (TPSA) is 63.2 Å². The molecule has 0 aromatic heterocycles. The Bertz CT molecular complexity index is 888. The van der Waals surface area contributed by atoms with E-state index < -0.39 is 8.07 Å². The van der Waals surface area contributed by atoms with Gasteiger partial charge in [0, 0.05) is 39.3 Å². The van der Waals surface area contributed by atoms with Crippen molar-refractivity contribution in [3.63, 3.8) is 0 Å². The first kappa shape index (κ1) is 24.3. The maximum Gasteiger partial charge on any atom is 0.230 e. The molecule has 0 saturated heterocycles. The first-order valence-corrected chi connectivity index (χ1v) is 16.4. The highest BCUT2D eigenvalue weighted by Crippen LogP contribution is 2.43. The minimum absolute atomic E-state index is 0.205. The fourth-order valence-corrected chi connectivity index (χ4v) is 5.27. The lowest BCUT2D eigenvalue weighted by atomic mass is 9.91. The van der Waals surface area contributed by atoms with Gasteiger partial charge in [0.25, 0.3) is 0 Å². The molecular weight excluding hydrogens is 430 g/mol. The standard InChI is InChI=1S/C26H41N3O3Si/c1-18-9-12-21-23(29(18)26(30)19-10-11-19)14-13-22(24(21)32-20-7-6-8-20)25(27-2)28-17-31-15-16-33(3,4)5/h13-14,18-20H,6-12,15-17H2,1-5H3,(H,27,28)/t18-/m0/s1. The van der Waals surface area contributed by atoms with Crippen LogP contribution in [0, 0.1) is 5.92 Å². The number of carbonyl (C=O) groups is 1. The molecule has 2 fully saturated rings. The van der Waals surface area contributed by atoms with E-state index in [-0.39, 0.29) is 24.0 Å². The van der Waals surface area contributed by atoms with Gasteiger partial charge in [-0.3, -0.25) is 9.79 Å². The van der Waals surface area contributed by atoms with Gasteiger partial charge in [-0.1, -0.05) is 19.6 Å². The van der Waals surface area contributed by atoms with Gasteiger partial charge < -0.3 is 19.7 Å². The van der Waals surface area contributed by atoms with Crippen LogP contribution in [0.25, 0.3) is 0 Å². The van der Waals surface area contributed by atoms with Crippen LogP contribution in [0.3, 0.4) is 0 Å². The highest BCUT2D eigenvalue weighted by atomic mass is 28.3. The molecule has 1 amide bonds. The van der Waals surface area contributed by atoms with E-state index >= 15 is 0 Å². The molecular formula is C26H41N3O3Si. The maximum absolute atomic E-state index is 13.1. The van der Waals surface area contributed by atoms with E-state index in [0.29, 0.717) is 6.73 Å². The van der Waals surface area contributed by atoms with Crippen molar-refractivity contribution in [2.45, 2.75) is 89.7 Å². The minimum atomic E-state index is -1.11. The summed E-state index contributed by atoms with van der Waals surface area (Å²) in [5.74, 6) is 2.19. The molecule has 1 aromatic rings. The van der Waals surface area contributed by atoms with Crippen LogP contribution in [0.2, 0.25) is 25.7 Å². The third-order valence-corrected chi connectivity index (χ3v) is 8.77.